The third-order valence-electron chi connectivity index (χ3n) is 3.31. The number of rotatable bonds is 3. The summed E-state index contributed by atoms with van der Waals surface area (Å²) in [7, 11) is 4.06. The summed E-state index contributed by atoms with van der Waals surface area (Å²) in [5.41, 5.74) is 0.309. The fourth-order valence-corrected chi connectivity index (χ4v) is 2.17. The molecule has 1 saturated heterocycles. The van der Waals surface area contributed by atoms with Crippen LogP contribution in [-0.2, 0) is 6.61 Å². The lowest BCUT2D eigenvalue weighted by molar-refractivity contribution is 0.275. The second kappa shape index (κ2) is 4.98. The van der Waals surface area contributed by atoms with E-state index in [0.29, 0.717) is 17.4 Å². The van der Waals surface area contributed by atoms with Gasteiger partial charge in [-0.2, -0.15) is 0 Å². The molecule has 2 rings (SSSR count). The maximum Gasteiger partial charge on any atom is 0.171 e. The number of anilines is 1. The van der Waals surface area contributed by atoms with Crippen molar-refractivity contribution >= 4 is 5.82 Å². The minimum Gasteiger partial charge on any atom is -0.392 e. The minimum absolute atomic E-state index is 0.285. The lowest BCUT2D eigenvalue weighted by Crippen LogP contribution is -2.32. The fourth-order valence-electron chi connectivity index (χ4n) is 2.17. The molecule has 1 fully saturated rings. The van der Waals surface area contributed by atoms with Gasteiger partial charge in [0.25, 0.3) is 0 Å². The van der Waals surface area contributed by atoms with Crippen molar-refractivity contribution in [3.8, 4) is 0 Å². The van der Waals surface area contributed by atoms with Gasteiger partial charge >= 0.3 is 0 Å². The molecule has 94 valence electrons. The van der Waals surface area contributed by atoms with Crippen molar-refractivity contribution in [1.82, 2.24) is 9.88 Å². The van der Waals surface area contributed by atoms with Gasteiger partial charge in [0, 0.05) is 30.9 Å². The fraction of sp³-hybridized carbons (Fsp3) is 0.583. The van der Waals surface area contributed by atoms with E-state index in [0.717, 1.165) is 19.5 Å². The van der Waals surface area contributed by atoms with Crippen LogP contribution in [0, 0.1) is 5.82 Å². The molecule has 5 heteroatoms. The normalized spacial score (nSPS) is 20.3. The van der Waals surface area contributed by atoms with Crippen molar-refractivity contribution < 1.29 is 9.50 Å². The predicted molar refractivity (Wildman–Crippen MR) is 64.4 cm³/mol. The highest BCUT2D eigenvalue weighted by Crippen LogP contribution is 2.24. The van der Waals surface area contributed by atoms with E-state index in [4.69, 9.17) is 5.11 Å². The van der Waals surface area contributed by atoms with E-state index in [-0.39, 0.29) is 6.61 Å². The maximum absolute atomic E-state index is 14.0. The molecule has 2 heterocycles. The molecular formula is C12H18FN3O. The van der Waals surface area contributed by atoms with Crippen LogP contribution in [0.4, 0.5) is 10.2 Å². The minimum atomic E-state index is -0.394. The van der Waals surface area contributed by atoms with Gasteiger partial charge in [-0.15, -0.1) is 0 Å². The van der Waals surface area contributed by atoms with E-state index in [2.05, 4.69) is 9.88 Å². The van der Waals surface area contributed by atoms with E-state index in [9.17, 15) is 4.39 Å². The third kappa shape index (κ3) is 2.40. The SMILES string of the molecule is CN(C)C1CCN(c2nccc(CO)c2F)C1. The number of likely N-dealkylation sites (N-methyl/N-ethyl adjacent to an activating group) is 1. The Balaban J connectivity index is 2.19. The molecule has 0 radical (unpaired) electrons. The monoisotopic (exact) mass is 239 g/mol. The van der Waals surface area contributed by atoms with E-state index in [1.807, 2.05) is 19.0 Å². The highest BCUT2D eigenvalue weighted by atomic mass is 19.1. The van der Waals surface area contributed by atoms with Gasteiger partial charge in [0.05, 0.1) is 6.61 Å². The van der Waals surface area contributed by atoms with Gasteiger partial charge in [-0.25, -0.2) is 9.37 Å². The van der Waals surface area contributed by atoms with Crippen LogP contribution in [0.25, 0.3) is 0 Å². The Kier molecular flexibility index (Phi) is 3.59. The summed E-state index contributed by atoms with van der Waals surface area (Å²) >= 11 is 0. The smallest absolute Gasteiger partial charge is 0.171 e. The standard InChI is InChI=1S/C12H18FN3O/c1-15(2)10-4-6-16(7-10)12-11(13)9(8-17)3-5-14-12/h3,5,10,17H,4,6-8H2,1-2H3. The van der Waals surface area contributed by atoms with Crippen LogP contribution in [0.5, 0.6) is 0 Å². The molecular weight excluding hydrogens is 221 g/mol. The third-order valence-corrected chi connectivity index (χ3v) is 3.31. The molecule has 1 unspecified atom stereocenters. The van der Waals surface area contributed by atoms with Gasteiger partial charge in [0.15, 0.2) is 11.6 Å². The molecule has 1 aromatic heterocycles. The molecule has 1 aliphatic rings. The van der Waals surface area contributed by atoms with E-state index < -0.39 is 5.82 Å². The van der Waals surface area contributed by atoms with Gasteiger partial charge in [0.1, 0.15) is 0 Å². The Morgan fingerprint density at radius 3 is 2.94 bits per heavy atom. The predicted octanol–water partition coefficient (Wildman–Crippen LogP) is 0.853. The molecule has 1 aromatic rings. The van der Waals surface area contributed by atoms with Gasteiger partial charge in [0.2, 0.25) is 0 Å². The summed E-state index contributed by atoms with van der Waals surface area (Å²) in [6.07, 6.45) is 2.56. The molecule has 4 nitrogen and oxygen atoms in total. The van der Waals surface area contributed by atoms with Crippen LogP contribution < -0.4 is 4.90 Å². The maximum atomic E-state index is 14.0. The van der Waals surface area contributed by atoms with Crippen LogP contribution in [0.15, 0.2) is 12.3 Å². The second-order valence-corrected chi connectivity index (χ2v) is 4.62. The van der Waals surface area contributed by atoms with Gasteiger partial charge in [-0.1, -0.05) is 0 Å². The van der Waals surface area contributed by atoms with Crippen LogP contribution in [0.1, 0.15) is 12.0 Å². The van der Waals surface area contributed by atoms with Crippen LogP contribution in [-0.4, -0.2) is 48.2 Å². The number of hydrogen-bond acceptors (Lipinski definition) is 4. The topological polar surface area (TPSA) is 39.6 Å². The molecule has 1 atom stereocenters. The summed E-state index contributed by atoms with van der Waals surface area (Å²) in [5, 5.41) is 9.03. The van der Waals surface area contributed by atoms with E-state index in [1.54, 1.807) is 6.20 Å². The van der Waals surface area contributed by atoms with E-state index >= 15 is 0 Å². The first-order valence-corrected chi connectivity index (χ1v) is 5.79. The summed E-state index contributed by atoms with van der Waals surface area (Å²) in [4.78, 5) is 8.17. The Morgan fingerprint density at radius 2 is 2.35 bits per heavy atom. The van der Waals surface area contributed by atoms with Crippen LogP contribution in [0.3, 0.4) is 0 Å². The van der Waals surface area contributed by atoms with Crippen molar-refractivity contribution in [3.05, 3.63) is 23.6 Å². The van der Waals surface area contributed by atoms with Gasteiger partial charge < -0.3 is 14.9 Å². The van der Waals surface area contributed by atoms with Crippen LogP contribution in [0.2, 0.25) is 0 Å². The zero-order valence-electron chi connectivity index (χ0n) is 10.2. The average molecular weight is 239 g/mol. The number of pyridine rings is 1. The highest BCUT2D eigenvalue weighted by molar-refractivity contribution is 5.44. The summed E-state index contributed by atoms with van der Waals surface area (Å²) in [6, 6.07) is 1.95. The van der Waals surface area contributed by atoms with E-state index in [1.165, 1.54) is 6.07 Å². The average Bonchev–Trinajstić information content (AvgIpc) is 2.78. The lowest BCUT2D eigenvalue weighted by Gasteiger charge is -2.21. The molecule has 0 amide bonds. The Hall–Kier alpha value is -1.20. The Morgan fingerprint density at radius 1 is 1.59 bits per heavy atom. The molecule has 0 saturated carbocycles. The number of aromatic nitrogens is 1. The molecule has 1 N–H and O–H groups in total. The van der Waals surface area contributed by atoms with Gasteiger partial charge in [-0.05, 0) is 26.6 Å². The Bertz CT molecular complexity index is 397. The van der Waals surface area contributed by atoms with Crippen LogP contribution >= 0.6 is 0 Å². The quantitative estimate of drug-likeness (QED) is 0.849. The largest absolute Gasteiger partial charge is 0.392 e. The van der Waals surface area contributed by atoms with Crippen molar-refractivity contribution in [2.24, 2.45) is 0 Å². The molecule has 1 aliphatic heterocycles. The zero-order valence-corrected chi connectivity index (χ0v) is 10.2. The first-order valence-electron chi connectivity index (χ1n) is 5.79. The summed E-state index contributed by atoms with van der Waals surface area (Å²) < 4.78 is 14.0. The molecule has 17 heavy (non-hydrogen) atoms. The zero-order chi connectivity index (χ0) is 12.4. The first kappa shape index (κ1) is 12.3. The van der Waals surface area contributed by atoms with Crippen molar-refractivity contribution in [3.63, 3.8) is 0 Å². The molecule has 0 aromatic carbocycles. The highest BCUT2D eigenvalue weighted by Gasteiger charge is 2.27. The van der Waals surface area contributed by atoms with Crippen molar-refractivity contribution in [1.29, 1.82) is 0 Å². The molecule has 0 spiro atoms. The number of nitrogens with zero attached hydrogens (tertiary/aromatic N) is 3. The number of halogens is 1. The summed E-state index contributed by atoms with van der Waals surface area (Å²) in [6.45, 7) is 1.31. The second-order valence-electron chi connectivity index (χ2n) is 4.62. The van der Waals surface area contributed by atoms with Crippen molar-refractivity contribution in [2.75, 3.05) is 32.1 Å². The number of hydrogen-bond donors (Lipinski definition) is 1. The summed E-state index contributed by atoms with van der Waals surface area (Å²) in [5.74, 6) is -0.0321. The number of aliphatic hydroxyl groups is 1. The van der Waals surface area contributed by atoms with Gasteiger partial charge in [-0.3, -0.25) is 0 Å². The Labute approximate surface area is 101 Å². The molecule has 0 bridgehead atoms. The molecule has 0 aliphatic carbocycles. The van der Waals surface area contributed by atoms with Crippen molar-refractivity contribution in [2.45, 2.75) is 19.1 Å². The number of aliphatic hydroxyl groups excluding tert-OH is 1. The first-order chi connectivity index (χ1) is 8.13. The lowest BCUT2D eigenvalue weighted by atomic mass is 10.2.